The molecule has 27 heavy (non-hydrogen) atoms. The second-order valence-electron chi connectivity index (χ2n) is 6.97. The van der Waals surface area contributed by atoms with E-state index >= 15 is 0 Å². The van der Waals surface area contributed by atoms with Crippen LogP contribution in [0.4, 0.5) is 17.1 Å². The number of amides is 1. The topological polar surface area (TPSA) is 69.7 Å². The molecule has 0 heterocycles. The molecule has 0 saturated carbocycles. The first kappa shape index (κ1) is 20.8. The minimum Gasteiger partial charge on any atom is -0.378 e. The summed E-state index contributed by atoms with van der Waals surface area (Å²) in [4.78, 5) is 14.5. The van der Waals surface area contributed by atoms with Gasteiger partial charge in [-0.3, -0.25) is 9.10 Å². The molecular weight excluding hydrogens is 362 g/mol. The zero-order chi connectivity index (χ0) is 20.2. The van der Waals surface area contributed by atoms with Crippen LogP contribution in [0.5, 0.6) is 0 Å². The molecule has 0 saturated heterocycles. The van der Waals surface area contributed by atoms with Crippen LogP contribution in [-0.4, -0.2) is 41.2 Å². The summed E-state index contributed by atoms with van der Waals surface area (Å²) in [6.45, 7) is 3.80. The molecule has 0 fully saturated rings. The SMILES string of the molecule is CC(C)c1ccccc1NC(=O)CN(c1ccc(N(C)C)cc1)S(C)(=O)=O. The minimum atomic E-state index is -3.61. The number of carbonyl (C=O) groups is 1. The molecule has 2 aromatic rings. The van der Waals surface area contributed by atoms with Gasteiger partial charge in [0.25, 0.3) is 0 Å². The third-order valence-electron chi connectivity index (χ3n) is 4.20. The van der Waals surface area contributed by atoms with E-state index in [0.29, 0.717) is 11.4 Å². The second kappa shape index (κ2) is 8.43. The Morgan fingerprint density at radius 3 is 2.07 bits per heavy atom. The lowest BCUT2D eigenvalue weighted by atomic mass is 10.0. The van der Waals surface area contributed by atoms with E-state index in [-0.39, 0.29) is 18.4 Å². The third-order valence-corrected chi connectivity index (χ3v) is 5.34. The van der Waals surface area contributed by atoms with Crippen molar-refractivity contribution in [3.8, 4) is 0 Å². The lowest BCUT2D eigenvalue weighted by molar-refractivity contribution is -0.114. The molecule has 0 aliphatic rings. The summed E-state index contributed by atoms with van der Waals surface area (Å²) in [7, 11) is 0.205. The van der Waals surface area contributed by atoms with Crippen LogP contribution in [-0.2, 0) is 14.8 Å². The first-order valence-electron chi connectivity index (χ1n) is 8.73. The second-order valence-corrected chi connectivity index (χ2v) is 8.88. The molecule has 7 heteroatoms. The van der Waals surface area contributed by atoms with Crippen LogP contribution in [0.2, 0.25) is 0 Å². The molecule has 0 aliphatic carbocycles. The zero-order valence-corrected chi connectivity index (χ0v) is 17.2. The average molecular weight is 390 g/mol. The molecule has 2 rings (SSSR count). The Morgan fingerprint density at radius 1 is 1.00 bits per heavy atom. The Labute approximate surface area is 161 Å². The molecule has 0 aliphatic heterocycles. The minimum absolute atomic E-state index is 0.242. The molecule has 0 aromatic heterocycles. The summed E-state index contributed by atoms with van der Waals surface area (Å²) in [6, 6.07) is 14.6. The van der Waals surface area contributed by atoms with Crippen LogP contribution in [0.15, 0.2) is 48.5 Å². The fourth-order valence-corrected chi connectivity index (χ4v) is 3.61. The molecule has 0 atom stereocenters. The van der Waals surface area contributed by atoms with Gasteiger partial charge in [-0.2, -0.15) is 0 Å². The largest absolute Gasteiger partial charge is 0.378 e. The van der Waals surface area contributed by atoms with Gasteiger partial charge in [0.15, 0.2) is 0 Å². The summed E-state index contributed by atoms with van der Waals surface area (Å²) in [5, 5.41) is 2.84. The number of nitrogens with one attached hydrogen (secondary N) is 1. The van der Waals surface area contributed by atoms with Crippen molar-refractivity contribution in [2.45, 2.75) is 19.8 Å². The van der Waals surface area contributed by atoms with Crippen LogP contribution in [0.3, 0.4) is 0 Å². The summed E-state index contributed by atoms with van der Waals surface area (Å²) in [5.74, 6) is -0.142. The van der Waals surface area contributed by atoms with Gasteiger partial charge in [0, 0.05) is 25.5 Å². The number of benzene rings is 2. The molecule has 1 N–H and O–H groups in total. The van der Waals surface area contributed by atoms with Crippen LogP contribution in [0.1, 0.15) is 25.3 Å². The number of hydrogen-bond donors (Lipinski definition) is 1. The van der Waals surface area contributed by atoms with Gasteiger partial charge in [-0.05, 0) is 41.8 Å². The van der Waals surface area contributed by atoms with E-state index in [1.165, 1.54) is 0 Å². The van der Waals surface area contributed by atoms with Crippen molar-refractivity contribution in [3.05, 3.63) is 54.1 Å². The van der Waals surface area contributed by atoms with Crippen molar-refractivity contribution in [1.29, 1.82) is 0 Å². The molecule has 0 spiro atoms. The zero-order valence-electron chi connectivity index (χ0n) is 16.4. The maximum absolute atomic E-state index is 12.6. The first-order chi connectivity index (χ1) is 12.6. The van der Waals surface area contributed by atoms with E-state index < -0.39 is 10.0 Å². The number of anilines is 3. The fourth-order valence-electron chi connectivity index (χ4n) is 2.75. The molecule has 0 radical (unpaired) electrons. The number of rotatable bonds is 7. The fraction of sp³-hybridized carbons (Fsp3) is 0.350. The Morgan fingerprint density at radius 2 is 1.56 bits per heavy atom. The molecule has 146 valence electrons. The molecule has 1 amide bonds. The highest BCUT2D eigenvalue weighted by Crippen LogP contribution is 2.25. The van der Waals surface area contributed by atoms with Gasteiger partial charge in [-0.1, -0.05) is 32.0 Å². The van der Waals surface area contributed by atoms with Gasteiger partial charge >= 0.3 is 0 Å². The van der Waals surface area contributed by atoms with Gasteiger partial charge < -0.3 is 10.2 Å². The van der Waals surface area contributed by atoms with Crippen molar-refractivity contribution in [3.63, 3.8) is 0 Å². The third kappa shape index (κ3) is 5.47. The van der Waals surface area contributed by atoms with Gasteiger partial charge in [-0.15, -0.1) is 0 Å². The van der Waals surface area contributed by atoms with Crippen LogP contribution < -0.4 is 14.5 Å². The monoisotopic (exact) mass is 389 g/mol. The van der Waals surface area contributed by atoms with E-state index in [1.807, 2.05) is 69.2 Å². The van der Waals surface area contributed by atoms with Gasteiger partial charge in [0.2, 0.25) is 15.9 Å². The van der Waals surface area contributed by atoms with E-state index in [1.54, 1.807) is 12.1 Å². The van der Waals surface area contributed by atoms with E-state index in [0.717, 1.165) is 21.8 Å². The van der Waals surface area contributed by atoms with Gasteiger partial charge in [-0.25, -0.2) is 8.42 Å². The highest BCUT2D eigenvalue weighted by Gasteiger charge is 2.21. The Bertz CT molecular complexity index is 891. The Kier molecular flexibility index (Phi) is 6.49. The van der Waals surface area contributed by atoms with Gasteiger partial charge in [0.05, 0.1) is 11.9 Å². The molecule has 0 bridgehead atoms. The van der Waals surface area contributed by atoms with Gasteiger partial charge in [0.1, 0.15) is 6.54 Å². The molecule has 0 unspecified atom stereocenters. The predicted molar refractivity (Wildman–Crippen MR) is 112 cm³/mol. The average Bonchev–Trinajstić information content (AvgIpc) is 2.59. The van der Waals surface area contributed by atoms with E-state index in [9.17, 15) is 13.2 Å². The molecule has 6 nitrogen and oxygen atoms in total. The van der Waals surface area contributed by atoms with Crippen LogP contribution in [0, 0.1) is 0 Å². The standard InChI is InChI=1S/C20H27N3O3S/c1-15(2)18-8-6-7-9-19(18)21-20(24)14-23(27(5,25)26)17-12-10-16(11-13-17)22(3)4/h6-13,15H,14H2,1-5H3,(H,21,24). The Balaban J connectivity index is 2.23. The van der Waals surface area contributed by atoms with Crippen molar-refractivity contribution < 1.29 is 13.2 Å². The molecule has 2 aromatic carbocycles. The van der Waals surface area contributed by atoms with Crippen molar-refractivity contribution >= 4 is 33.0 Å². The van der Waals surface area contributed by atoms with Crippen molar-refractivity contribution in [2.24, 2.45) is 0 Å². The highest BCUT2D eigenvalue weighted by molar-refractivity contribution is 7.92. The number of hydrogen-bond acceptors (Lipinski definition) is 4. The van der Waals surface area contributed by atoms with Crippen LogP contribution >= 0.6 is 0 Å². The summed E-state index contributed by atoms with van der Waals surface area (Å²) in [6.07, 6.45) is 1.10. The predicted octanol–water partition coefficient (Wildman–Crippen LogP) is 3.28. The highest BCUT2D eigenvalue weighted by atomic mass is 32.2. The van der Waals surface area contributed by atoms with E-state index in [2.05, 4.69) is 5.32 Å². The maximum Gasteiger partial charge on any atom is 0.245 e. The number of sulfonamides is 1. The summed E-state index contributed by atoms with van der Waals surface area (Å²) < 4.78 is 25.6. The number of nitrogens with zero attached hydrogens (tertiary/aromatic N) is 2. The normalized spacial score (nSPS) is 11.3. The van der Waals surface area contributed by atoms with Crippen LogP contribution in [0.25, 0.3) is 0 Å². The van der Waals surface area contributed by atoms with E-state index in [4.69, 9.17) is 0 Å². The maximum atomic E-state index is 12.6. The first-order valence-corrected chi connectivity index (χ1v) is 10.6. The molecular formula is C20H27N3O3S. The number of carbonyl (C=O) groups excluding carboxylic acids is 1. The lowest BCUT2D eigenvalue weighted by Gasteiger charge is -2.23. The summed E-state index contributed by atoms with van der Waals surface area (Å²) >= 11 is 0. The quantitative estimate of drug-likeness (QED) is 0.789. The smallest absolute Gasteiger partial charge is 0.245 e. The summed E-state index contributed by atoms with van der Waals surface area (Å²) in [5.41, 5.74) is 3.11. The number of para-hydroxylation sites is 1. The van der Waals surface area contributed by atoms with Crippen molar-refractivity contribution in [2.75, 3.05) is 41.4 Å². The Hall–Kier alpha value is -2.54. The lowest BCUT2D eigenvalue weighted by Crippen LogP contribution is -2.37. The van der Waals surface area contributed by atoms with Crippen molar-refractivity contribution in [1.82, 2.24) is 0 Å².